The van der Waals surface area contributed by atoms with Gasteiger partial charge in [-0.3, -0.25) is 4.79 Å². The molecule has 0 bridgehead atoms. The summed E-state index contributed by atoms with van der Waals surface area (Å²) < 4.78 is 1.05. The Balaban J connectivity index is 2.02. The Bertz CT molecular complexity index is 401. The Morgan fingerprint density at radius 1 is 1.71 bits per heavy atom. The molecular formula is C12H15BrClNOS. The molecule has 1 aromatic rings. The zero-order chi connectivity index (χ0) is 12.4. The highest BCUT2D eigenvalue weighted by molar-refractivity contribution is 9.11. The molecule has 1 fully saturated rings. The number of thiophene rings is 1. The Morgan fingerprint density at radius 2 is 2.47 bits per heavy atom. The molecule has 1 aliphatic heterocycles. The fourth-order valence-corrected chi connectivity index (χ4v) is 3.94. The Labute approximate surface area is 119 Å². The second kappa shape index (κ2) is 5.72. The lowest BCUT2D eigenvalue weighted by Gasteiger charge is -2.15. The van der Waals surface area contributed by atoms with Crippen molar-refractivity contribution in [3.63, 3.8) is 0 Å². The minimum absolute atomic E-state index is 0.167. The normalized spacial score (nSPS) is 19.9. The van der Waals surface area contributed by atoms with E-state index in [9.17, 15) is 4.79 Å². The van der Waals surface area contributed by atoms with Gasteiger partial charge >= 0.3 is 0 Å². The van der Waals surface area contributed by atoms with E-state index in [1.54, 1.807) is 0 Å². The van der Waals surface area contributed by atoms with Crippen molar-refractivity contribution in [2.45, 2.75) is 19.8 Å². The van der Waals surface area contributed by atoms with E-state index in [0.29, 0.717) is 11.8 Å². The summed E-state index contributed by atoms with van der Waals surface area (Å²) in [5, 5.41) is 0. The van der Waals surface area contributed by atoms with E-state index >= 15 is 0 Å². The number of halogens is 2. The lowest BCUT2D eigenvalue weighted by molar-refractivity contribution is 0.0791. The summed E-state index contributed by atoms with van der Waals surface area (Å²) in [6, 6.07) is 1.96. The first-order chi connectivity index (χ1) is 8.11. The highest BCUT2D eigenvalue weighted by atomic mass is 79.9. The van der Waals surface area contributed by atoms with Gasteiger partial charge in [0.2, 0.25) is 0 Å². The zero-order valence-corrected chi connectivity index (χ0v) is 12.9. The van der Waals surface area contributed by atoms with Gasteiger partial charge in [0, 0.05) is 19.0 Å². The molecule has 2 rings (SSSR count). The maximum absolute atomic E-state index is 12.2. The molecule has 1 amide bonds. The predicted molar refractivity (Wildman–Crippen MR) is 76.1 cm³/mol. The van der Waals surface area contributed by atoms with Crippen molar-refractivity contribution < 1.29 is 4.79 Å². The van der Waals surface area contributed by atoms with E-state index in [0.717, 1.165) is 40.2 Å². The van der Waals surface area contributed by atoms with E-state index in [1.807, 2.05) is 17.9 Å². The first kappa shape index (κ1) is 13.4. The SMILES string of the molecule is Cc1cc(C(=O)N2CCC(CCCl)C2)sc1Br. The molecule has 1 atom stereocenters. The molecule has 1 unspecified atom stereocenters. The molecule has 1 aliphatic rings. The summed E-state index contributed by atoms with van der Waals surface area (Å²) in [5.41, 5.74) is 1.13. The first-order valence-corrected chi connectivity index (χ1v) is 7.87. The fourth-order valence-electron chi connectivity index (χ4n) is 2.13. The van der Waals surface area contributed by atoms with Gasteiger partial charge in [-0.25, -0.2) is 0 Å². The monoisotopic (exact) mass is 335 g/mol. The summed E-state index contributed by atoms with van der Waals surface area (Å²) in [4.78, 5) is 15.0. The van der Waals surface area contributed by atoms with Crippen LogP contribution in [0.5, 0.6) is 0 Å². The highest BCUT2D eigenvalue weighted by Crippen LogP contribution is 2.30. The molecule has 0 aromatic carbocycles. The quantitative estimate of drug-likeness (QED) is 0.766. The smallest absolute Gasteiger partial charge is 0.263 e. The molecule has 5 heteroatoms. The lowest BCUT2D eigenvalue weighted by Crippen LogP contribution is -2.28. The van der Waals surface area contributed by atoms with Crippen molar-refractivity contribution in [3.05, 3.63) is 20.3 Å². The molecule has 17 heavy (non-hydrogen) atoms. The van der Waals surface area contributed by atoms with E-state index in [4.69, 9.17) is 11.6 Å². The van der Waals surface area contributed by atoms with Crippen LogP contribution in [0.1, 0.15) is 28.1 Å². The van der Waals surface area contributed by atoms with E-state index in [2.05, 4.69) is 15.9 Å². The summed E-state index contributed by atoms with van der Waals surface area (Å²) in [6.45, 7) is 3.74. The molecule has 0 radical (unpaired) electrons. The van der Waals surface area contributed by atoms with E-state index in [-0.39, 0.29) is 5.91 Å². The van der Waals surface area contributed by atoms with Crippen LogP contribution >= 0.6 is 38.9 Å². The summed E-state index contributed by atoms with van der Waals surface area (Å²) in [5.74, 6) is 1.44. The standard InChI is InChI=1S/C12H15BrClNOS/c1-8-6-10(17-11(8)13)12(16)15-5-3-9(7-15)2-4-14/h6,9H,2-5,7H2,1H3. The van der Waals surface area contributed by atoms with Crippen molar-refractivity contribution in [2.24, 2.45) is 5.92 Å². The summed E-state index contributed by atoms with van der Waals surface area (Å²) in [7, 11) is 0. The minimum Gasteiger partial charge on any atom is -0.338 e. The number of nitrogens with zero attached hydrogens (tertiary/aromatic N) is 1. The number of amides is 1. The third-order valence-corrected chi connectivity index (χ3v) is 5.50. The third kappa shape index (κ3) is 3.04. The van der Waals surface area contributed by atoms with Crippen LogP contribution in [0, 0.1) is 12.8 Å². The van der Waals surface area contributed by atoms with Gasteiger partial charge in [0.05, 0.1) is 8.66 Å². The number of carbonyl (C=O) groups excluding carboxylic acids is 1. The number of aryl methyl sites for hydroxylation is 1. The van der Waals surface area contributed by atoms with Crippen LogP contribution in [0.25, 0.3) is 0 Å². The fraction of sp³-hybridized carbons (Fsp3) is 0.583. The molecule has 94 valence electrons. The molecule has 0 saturated carbocycles. The predicted octanol–water partition coefficient (Wildman–Crippen LogP) is 3.91. The van der Waals surface area contributed by atoms with E-state index in [1.165, 1.54) is 11.3 Å². The van der Waals surface area contributed by atoms with Crippen molar-refractivity contribution in [1.29, 1.82) is 0 Å². The van der Waals surface area contributed by atoms with Gasteiger partial charge in [-0.05, 0) is 53.2 Å². The minimum atomic E-state index is 0.167. The number of hydrogen-bond acceptors (Lipinski definition) is 2. The number of rotatable bonds is 3. The molecule has 0 N–H and O–H groups in total. The zero-order valence-electron chi connectivity index (χ0n) is 9.71. The molecular weight excluding hydrogens is 322 g/mol. The van der Waals surface area contributed by atoms with Crippen molar-refractivity contribution in [3.8, 4) is 0 Å². The number of likely N-dealkylation sites (tertiary alicyclic amines) is 1. The molecule has 2 nitrogen and oxygen atoms in total. The maximum Gasteiger partial charge on any atom is 0.263 e. The van der Waals surface area contributed by atoms with Gasteiger partial charge in [-0.15, -0.1) is 22.9 Å². The maximum atomic E-state index is 12.2. The summed E-state index contributed by atoms with van der Waals surface area (Å²) >= 11 is 10.7. The molecule has 1 aromatic heterocycles. The molecule has 0 spiro atoms. The van der Waals surface area contributed by atoms with Crippen LogP contribution in [-0.4, -0.2) is 29.8 Å². The number of carbonyl (C=O) groups is 1. The van der Waals surface area contributed by atoms with Crippen LogP contribution in [-0.2, 0) is 0 Å². The van der Waals surface area contributed by atoms with Crippen molar-refractivity contribution in [1.82, 2.24) is 4.90 Å². The number of alkyl halides is 1. The highest BCUT2D eigenvalue weighted by Gasteiger charge is 2.27. The van der Waals surface area contributed by atoms with Gasteiger partial charge in [0.25, 0.3) is 5.91 Å². The van der Waals surface area contributed by atoms with E-state index < -0.39 is 0 Å². The van der Waals surface area contributed by atoms with Gasteiger partial charge in [-0.1, -0.05) is 0 Å². The van der Waals surface area contributed by atoms with Crippen molar-refractivity contribution in [2.75, 3.05) is 19.0 Å². The van der Waals surface area contributed by atoms with Crippen molar-refractivity contribution >= 4 is 44.8 Å². The van der Waals surface area contributed by atoms with Crippen LogP contribution in [0.2, 0.25) is 0 Å². The van der Waals surface area contributed by atoms with Crippen LogP contribution in [0.15, 0.2) is 9.85 Å². The third-order valence-electron chi connectivity index (χ3n) is 3.16. The Morgan fingerprint density at radius 3 is 3.06 bits per heavy atom. The molecule has 2 heterocycles. The van der Waals surface area contributed by atoms with Gasteiger partial charge in [-0.2, -0.15) is 0 Å². The summed E-state index contributed by atoms with van der Waals surface area (Å²) in [6.07, 6.45) is 2.10. The molecule has 1 saturated heterocycles. The second-order valence-corrected chi connectivity index (χ2v) is 7.20. The van der Waals surface area contributed by atoms with Crippen LogP contribution < -0.4 is 0 Å². The van der Waals surface area contributed by atoms with Gasteiger partial charge in [0.15, 0.2) is 0 Å². The molecule has 0 aliphatic carbocycles. The Kier molecular flexibility index (Phi) is 4.50. The second-order valence-electron chi connectivity index (χ2n) is 4.45. The average molecular weight is 337 g/mol. The number of hydrogen-bond donors (Lipinski definition) is 0. The average Bonchev–Trinajstić information content (AvgIpc) is 2.87. The lowest BCUT2D eigenvalue weighted by atomic mass is 10.1. The topological polar surface area (TPSA) is 20.3 Å². The van der Waals surface area contributed by atoms with Crippen LogP contribution in [0.4, 0.5) is 0 Å². The largest absolute Gasteiger partial charge is 0.338 e. The first-order valence-electron chi connectivity index (χ1n) is 5.73. The van der Waals surface area contributed by atoms with Gasteiger partial charge in [0.1, 0.15) is 0 Å². The van der Waals surface area contributed by atoms with Gasteiger partial charge < -0.3 is 4.90 Å². The Hall–Kier alpha value is -0.0600. The van der Waals surface area contributed by atoms with Crippen LogP contribution in [0.3, 0.4) is 0 Å².